The molecule has 0 saturated carbocycles. The third-order valence-corrected chi connectivity index (χ3v) is 1.58. The summed E-state index contributed by atoms with van der Waals surface area (Å²) in [5, 5.41) is 6.50. The van der Waals surface area contributed by atoms with E-state index in [9.17, 15) is 0 Å². The van der Waals surface area contributed by atoms with Crippen LogP contribution in [-0.4, -0.2) is 25.1 Å². The first kappa shape index (κ1) is 6.90. The topological polar surface area (TPSA) is 67.3 Å². The van der Waals surface area contributed by atoms with Crippen molar-refractivity contribution in [1.29, 1.82) is 0 Å². The Balaban J connectivity index is 2.55. The van der Waals surface area contributed by atoms with Crippen molar-refractivity contribution in [3.63, 3.8) is 0 Å². The summed E-state index contributed by atoms with van der Waals surface area (Å²) in [5.74, 6) is 0.702. The van der Waals surface area contributed by atoms with Crippen LogP contribution in [-0.2, 0) is 0 Å². The van der Waals surface area contributed by atoms with Crippen molar-refractivity contribution in [3.05, 3.63) is 24.5 Å². The van der Waals surface area contributed by atoms with Crippen LogP contribution in [0.5, 0.6) is 0 Å². The number of hydrogen-bond donors (Lipinski definition) is 1. The predicted molar refractivity (Wildman–Crippen MR) is 42.1 cm³/mol. The van der Waals surface area contributed by atoms with E-state index in [1.54, 1.807) is 6.20 Å². The summed E-state index contributed by atoms with van der Waals surface area (Å²) >= 11 is 0. The average molecular weight is 161 g/mol. The van der Waals surface area contributed by atoms with Gasteiger partial charge in [0, 0.05) is 6.20 Å². The molecule has 0 radical (unpaired) electrons. The van der Waals surface area contributed by atoms with Crippen molar-refractivity contribution in [1.82, 2.24) is 25.1 Å². The fourth-order valence-corrected chi connectivity index (χ4v) is 0.959. The Kier molecular flexibility index (Phi) is 1.55. The molecule has 0 unspecified atom stereocenters. The van der Waals surface area contributed by atoms with E-state index >= 15 is 0 Å². The maximum Gasteiger partial charge on any atom is 0.158 e. The number of nitrogens with zero attached hydrogens (tertiary/aromatic N) is 4. The van der Waals surface area contributed by atoms with E-state index in [1.165, 1.54) is 12.7 Å². The summed E-state index contributed by atoms with van der Waals surface area (Å²) < 4.78 is 0. The van der Waals surface area contributed by atoms with Gasteiger partial charge in [-0.2, -0.15) is 5.10 Å². The average Bonchev–Trinajstić information content (AvgIpc) is 2.57. The molecule has 2 aromatic rings. The lowest BCUT2D eigenvalue weighted by molar-refractivity contribution is 1.06. The van der Waals surface area contributed by atoms with Gasteiger partial charge < -0.3 is 0 Å². The Morgan fingerprint density at radius 3 is 2.83 bits per heavy atom. The molecule has 0 saturated heterocycles. The van der Waals surface area contributed by atoms with E-state index in [2.05, 4.69) is 25.1 Å². The molecule has 2 aromatic heterocycles. The highest BCUT2D eigenvalue weighted by atomic mass is 15.2. The molecule has 0 aromatic carbocycles. The van der Waals surface area contributed by atoms with E-state index in [0.717, 1.165) is 11.3 Å². The van der Waals surface area contributed by atoms with Crippen molar-refractivity contribution in [3.8, 4) is 11.4 Å². The zero-order valence-corrected chi connectivity index (χ0v) is 6.52. The molecule has 2 heterocycles. The largest absolute Gasteiger partial charge is 0.259 e. The molecule has 60 valence electrons. The lowest BCUT2D eigenvalue weighted by Gasteiger charge is -1.97. The van der Waals surface area contributed by atoms with Crippen molar-refractivity contribution in [2.75, 3.05) is 0 Å². The van der Waals surface area contributed by atoms with Gasteiger partial charge in [-0.1, -0.05) is 0 Å². The van der Waals surface area contributed by atoms with E-state index in [4.69, 9.17) is 0 Å². The van der Waals surface area contributed by atoms with Gasteiger partial charge in [0.1, 0.15) is 12.7 Å². The Morgan fingerprint density at radius 1 is 1.25 bits per heavy atom. The second kappa shape index (κ2) is 2.69. The van der Waals surface area contributed by atoms with Crippen LogP contribution in [0.3, 0.4) is 0 Å². The number of aromatic nitrogens is 5. The first-order chi connectivity index (χ1) is 5.88. The van der Waals surface area contributed by atoms with Gasteiger partial charge in [0.05, 0.1) is 11.3 Å². The second-order valence-corrected chi connectivity index (χ2v) is 2.36. The summed E-state index contributed by atoms with van der Waals surface area (Å²) in [6.07, 6.45) is 4.68. The summed E-state index contributed by atoms with van der Waals surface area (Å²) in [6, 6.07) is 0. The van der Waals surface area contributed by atoms with Crippen LogP contribution in [0, 0.1) is 6.92 Å². The zero-order chi connectivity index (χ0) is 8.39. The molecule has 0 aliphatic carbocycles. The SMILES string of the molecule is Cc1ncncc1-c1ncn[nH]1. The molecule has 5 heteroatoms. The Hall–Kier alpha value is -1.78. The van der Waals surface area contributed by atoms with Crippen LogP contribution in [0.4, 0.5) is 0 Å². The maximum absolute atomic E-state index is 4.04. The standard InChI is InChI=1S/C7H7N5/c1-5-6(2-8-3-9-5)7-10-4-11-12-7/h2-4H,1H3,(H,10,11,12). The van der Waals surface area contributed by atoms with Crippen LogP contribution in [0.1, 0.15) is 5.69 Å². The van der Waals surface area contributed by atoms with Crippen molar-refractivity contribution < 1.29 is 0 Å². The van der Waals surface area contributed by atoms with Gasteiger partial charge in [0.25, 0.3) is 0 Å². The molecule has 0 amide bonds. The molecule has 0 aliphatic heterocycles. The smallest absolute Gasteiger partial charge is 0.158 e. The molecule has 0 aliphatic rings. The number of nitrogens with one attached hydrogen (secondary N) is 1. The monoisotopic (exact) mass is 161 g/mol. The summed E-state index contributed by atoms with van der Waals surface area (Å²) in [7, 11) is 0. The molecular formula is C7H7N5. The van der Waals surface area contributed by atoms with E-state index in [-0.39, 0.29) is 0 Å². The normalized spacial score (nSPS) is 10.1. The minimum absolute atomic E-state index is 0.702. The quantitative estimate of drug-likeness (QED) is 0.663. The Morgan fingerprint density at radius 2 is 2.17 bits per heavy atom. The Bertz CT molecular complexity index is 367. The molecule has 1 N–H and O–H groups in total. The van der Waals surface area contributed by atoms with E-state index in [0.29, 0.717) is 5.82 Å². The van der Waals surface area contributed by atoms with Crippen LogP contribution in [0.2, 0.25) is 0 Å². The number of aromatic amines is 1. The van der Waals surface area contributed by atoms with Gasteiger partial charge in [-0.3, -0.25) is 5.10 Å². The van der Waals surface area contributed by atoms with Gasteiger partial charge >= 0.3 is 0 Å². The van der Waals surface area contributed by atoms with Gasteiger partial charge in [0.2, 0.25) is 0 Å². The molecular weight excluding hydrogens is 154 g/mol. The second-order valence-electron chi connectivity index (χ2n) is 2.36. The highest BCUT2D eigenvalue weighted by Crippen LogP contribution is 2.13. The predicted octanol–water partition coefficient (Wildman–Crippen LogP) is 0.570. The van der Waals surface area contributed by atoms with Crippen molar-refractivity contribution in [2.45, 2.75) is 6.92 Å². The molecule has 0 fully saturated rings. The fraction of sp³-hybridized carbons (Fsp3) is 0.143. The third kappa shape index (κ3) is 1.05. The molecule has 2 rings (SSSR count). The number of hydrogen-bond acceptors (Lipinski definition) is 4. The fourth-order valence-electron chi connectivity index (χ4n) is 0.959. The van der Waals surface area contributed by atoms with Crippen LogP contribution >= 0.6 is 0 Å². The maximum atomic E-state index is 4.04. The first-order valence-electron chi connectivity index (χ1n) is 3.50. The minimum Gasteiger partial charge on any atom is -0.259 e. The third-order valence-electron chi connectivity index (χ3n) is 1.58. The zero-order valence-electron chi connectivity index (χ0n) is 6.52. The van der Waals surface area contributed by atoms with Crippen molar-refractivity contribution >= 4 is 0 Å². The number of aryl methyl sites for hydroxylation is 1. The molecule has 0 atom stereocenters. The summed E-state index contributed by atoms with van der Waals surface area (Å²) in [5.41, 5.74) is 1.77. The van der Waals surface area contributed by atoms with Crippen molar-refractivity contribution in [2.24, 2.45) is 0 Å². The lowest BCUT2D eigenvalue weighted by Crippen LogP contribution is -1.90. The minimum atomic E-state index is 0.702. The Labute approximate surface area is 68.9 Å². The first-order valence-corrected chi connectivity index (χ1v) is 3.50. The summed E-state index contributed by atoms with van der Waals surface area (Å²) in [6.45, 7) is 1.90. The summed E-state index contributed by atoms with van der Waals surface area (Å²) in [4.78, 5) is 11.9. The van der Waals surface area contributed by atoms with E-state index in [1.807, 2.05) is 6.92 Å². The van der Waals surface area contributed by atoms with Crippen LogP contribution < -0.4 is 0 Å². The number of rotatable bonds is 1. The van der Waals surface area contributed by atoms with E-state index < -0.39 is 0 Å². The molecule has 12 heavy (non-hydrogen) atoms. The number of H-pyrrole nitrogens is 1. The molecule has 0 bridgehead atoms. The highest BCUT2D eigenvalue weighted by molar-refractivity contribution is 5.55. The van der Waals surface area contributed by atoms with Gasteiger partial charge in [-0.05, 0) is 6.92 Å². The van der Waals surface area contributed by atoms with Gasteiger partial charge in [-0.25, -0.2) is 15.0 Å². The molecule has 0 spiro atoms. The lowest BCUT2D eigenvalue weighted by atomic mass is 10.2. The van der Waals surface area contributed by atoms with Gasteiger partial charge in [-0.15, -0.1) is 0 Å². The van der Waals surface area contributed by atoms with Crippen LogP contribution in [0.25, 0.3) is 11.4 Å². The van der Waals surface area contributed by atoms with Gasteiger partial charge in [0.15, 0.2) is 5.82 Å². The van der Waals surface area contributed by atoms with Crippen LogP contribution in [0.15, 0.2) is 18.9 Å². The molecule has 5 nitrogen and oxygen atoms in total. The highest BCUT2D eigenvalue weighted by Gasteiger charge is 2.03.